The number of nitrogens with one attached hydrogen (secondary N) is 2. The molecule has 0 spiro atoms. The number of benzene rings is 2. The van der Waals surface area contributed by atoms with E-state index in [9.17, 15) is 9.59 Å². The third-order valence-electron chi connectivity index (χ3n) is 5.97. The Kier molecular flexibility index (Phi) is 7.60. The summed E-state index contributed by atoms with van der Waals surface area (Å²) in [4.78, 5) is 32.1. The number of hydrogen-bond donors (Lipinski definition) is 2. The van der Waals surface area contributed by atoms with Gasteiger partial charge in [0.25, 0.3) is 5.56 Å². The fourth-order valence-corrected chi connectivity index (χ4v) is 5.03. The Hall–Kier alpha value is -2.64. The van der Waals surface area contributed by atoms with E-state index in [0.29, 0.717) is 22.6 Å². The van der Waals surface area contributed by atoms with Crippen molar-refractivity contribution in [3.63, 3.8) is 0 Å². The SMILES string of the molecule is Cc1ccc(NC(=O)CSc2nc3ccccc3c(=O)n2CCC[NH+]2CCCCC2)cc1. The second kappa shape index (κ2) is 10.8. The summed E-state index contributed by atoms with van der Waals surface area (Å²) in [6.07, 6.45) is 4.86. The first-order chi connectivity index (χ1) is 15.6. The van der Waals surface area contributed by atoms with Crippen molar-refractivity contribution in [2.45, 2.75) is 44.3 Å². The zero-order chi connectivity index (χ0) is 22.3. The van der Waals surface area contributed by atoms with Crippen LogP contribution in [0, 0.1) is 6.92 Å². The average molecular weight is 452 g/mol. The number of fused-ring (bicyclic) bond motifs is 1. The van der Waals surface area contributed by atoms with E-state index < -0.39 is 0 Å². The molecule has 2 N–H and O–H groups in total. The van der Waals surface area contributed by atoms with E-state index in [4.69, 9.17) is 4.98 Å². The van der Waals surface area contributed by atoms with Crippen LogP contribution < -0.4 is 15.8 Å². The topological polar surface area (TPSA) is 68.4 Å². The fourth-order valence-electron chi connectivity index (χ4n) is 4.21. The van der Waals surface area contributed by atoms with Gasteiger partial charge in [0.15, 0.2) is 5.16 Å². The van der Waals surface area contributed by atoms with Crippen LogP contribution in [0.4, 0.5) is 5.69 Å². The van der Waals surface area contributed by atoms with Crippen LogP contribution in [0.2, 0.25) is 0 Å². The number of quaternary nitrogens is 1. The third kappa shape index (κ3) is 5.78. The zero-order valence-electron chi connectivity index (χ0n) is 18.6. The van der Waals surface area contributed by atoms with Crippen molar-refractivity contribution in [3.05, 3.63) is 64.4 Å². The maximum Gasteiger partial charge on any atom is 0.262 e. The van der Waals surface area contributed by atoms with Crippen LogP contribution in [0.5, 0.6) is 0 Å². The molecule has 168 valence electrons. The molecule has 32 heavy (non-hydrogen) atoms. The Morgan fingerprint density at radius 2 is 1.84 bits per heavy atom. The van der Waals surface area contributed by atoms with Crippen LogP contribution >= 0.6 is 11.8 Å². The number of rotatable bonds is 8. The highest BCUT2D eigenvalue weighted by molar-refractivity contribution is 7.99. The summed E-state index contributed by atoms with van der Waals surface area (Å²) in [6.45, 7) is 6.16. The molecule has 2 heterocycles. The Morgan fingerprint density at radius 3 is 2.62 bits per heavy atom. The average Bonchev–Trinajstić information content (AvgIpc) is 2.81. The van der Waals surface area contributed by atoms with Crippen molar-refractivity contribution in [2.24, 2.45) is 0 Å². The normalized spacial score (nSPS) is 14.5. The lowest BCUT2D eigenvalue weighted by molar-refractivity contribution is -0.905. The third-order valence-corrected chi connectivity index (χ3v) is 6.94. The molecule has 3 aromatic rings. The molecule has 1 saturated heterocycles. The van der Waals surface area contributed by atoms with Gasteiger partial charge >= 0.3 is 0 Å². The van der Waals surface area contributed by atoms with E-state index in [2.05, 4.69) is 5.32 Å². The van der Waals surface area contributed by atoms with Crippen molar-refractivity contribution in [3.8, 4) is 0 Å². The highest BCUT2D eigenvalue weighted by Gasteiger charge is 2.16. The number of aryl methyl sites for hydroxylation is 1. The monoisotopic (exact) mass is 451 g/mol. The van der Waals surface area contributed by atoms with Gasteiger partial charge in [0.05, 0.1) is 36.3 Å². The number of aromatic nitrogens is 2. The van der Waals surface area contributed by atoms with Crippen molar-refractivity contribution in [1.82, 2.24) is 9.55 Å². The smallest absolute Gasteiger partial charge is 0.262 e. The molecule has 0 bridgehead atoms. The van der Waals surface area contributed by atoms with E-state index in [1.165, 1.54) is 44.1 Å². The Labute approximate surface area is 193 Å². The highest BCUT2D eigenvalue weighted by Crippen LogP contribution is 2.19. The van der Waals surface area contributed by atoms with Crippen LogP contribution in [0.25, 0.3) is 10.9 Å². The van der Waals surface area contributed by atoms with Crippen LogP contribution in [-0.4, -0.2) is 40.8 Å². The number of para-hydroxylation sites is 1. The quantitative estimate of drug-likeness (QED) is 0.408. The molecule has 6 nitrogen and oxygen atoms in total. The Morgan fingerprint density at radius 1 is 1.09 bits per heavy atom. The number of amides is 1. The maximum absolute atomic E-state index is 13.2. The molecule has 1 amide bonds. The molecular formula is C25H31N4O2S+. The summed E-state index contributed by atoms with van der Waals surface area (Å²) in [5, 5.41) is 4.16. The molecule has 2 aromatic carbocycles. The van der Waals surface area contributed by atoms with Gasteiger partial charge in [-0.1, -0.05) is 41.6 Å². The first-order valence-electron chi connectivity index (χ1n) is 11.4. The van der Waals surface area contributed by atoms with Crippen LogP contribution in [0.1, 0.15) is 31.2 Å². The number of likely N-dealkylation sites (tertiary alicyclic amines) is 1. The van der Waals surface area contributed by atoms with Gasteiger partial charge in [-0.3, -0.25) is 14.2 Å². The van der Waals surface area contributed by atoms with E-state index >= 15 is 0 Å². The maximum atomic E-state index is 13.2. The molecule has 0 radical (unpaired) electrons. The lowest BCUT2D eigenvalue weighted by Gasteiger charge is -2.23. The van der Waals surface area contributed by atoms with Crippen molar-refractivity contribution >= 4 is 34.3 Å². The molecular weight excluding hydrogens is 420 g/mol. The molecule has 1 aliphatic rings. The molecule has 1 fully saturated rings. The van der Waals surface area contributed by atoms with Gasteiger partial charge in [0, 0.05) is 18.7 Å². The summed E-state index contributed by atoms with van der Waals surface area (Å²) in [6, 6.07) is 15.2. The van der Waals surface area contributed by atoms with E-state index in [1.54, 1.807) is 9.47 Å². The molecule has 7 heteroatoms. The van der Waals surface area contributed by atoms with E-state index in [0.717, 1.165) is 24.2 Å². The van der Waals surface area contributed by atoms with Crippen molar-refractivity contribution in [2.75, 3.05) is 30.7 Å². The molecule has 0 atom stereocenters. The molecule has 0 aliphatic carbocycles. The van der Waals surface area contributed by atoms with Gasteiger partial charge < -0.3 is 10.2 Å². The van der Waals surface area contributed by atoms with Gasteiger partial charge in [0.1, 0.15) is 0 Å². The fraction of sp³-hybridized carbons (Fsp3) is 0.400. The Bertz CT molecular complexity index is 1120. The van der Waals surface area contributed by atoms with E-state index in [-0.39, 0.29) is 17.2 Å². The van der Waals surface area contributed by atoms with E-state index in [1.807, 2.05) is 55.5 Å². The summed E-state index contributed by atoms with van der Waals surface area (Å²) < 4.78 is 1.76. The van der Waals surface area contributed by atoms with Gasteiger partial charge in [-0.2, -0.15) is 0 Å². The second-order valence-electron chi connectivity index (χ2n) is 8.49. The lowest BCUT2D eigenvalue weighted by Crippen LogP contribution is -3.12. The molecule has 1 aromatic heterocycles. The van der Waals surface area contributed by atoms with Gasteiger partial charge in [-0.05, 0) is 50.5 Å². The molecule has 0 saturated carbocycles. The van der Waals surface area contributed by atoms with Gasteiger partial charge in [-0.25, -0.2) is 4.98 Å². The number of carbonyl (C=O) groups is 1. The summed E-state index contributed by atoms with van der Waals surface area (Å²) in [7, 11) is 0. The van der Waals surface area contributed by atoms with Crippen LogP contribution in [0.3, 0.4) is 0 Å². The van der Waals surface area contributed by atoms with Crippen molar-refractivity contribution in [1.29, 1.82) is 0 Å². The van der Waals surface area contributed by atoms with Gasteiger partial charge in [0.2, 0.25) is 5.91 Å². The molecule has 1 aliphatic heterocycles. The largest absolute Gasteiger partial charge is 0.335 e. The predicted octanol–water partition coefficient (Wildman–Crippen LogP) is 2.89. The summed E-state index contributed by atoms with van der Waals surface area (Å²) in [5.74, 6) is 0.0984. The minimum absolute atomic E-state index is 0.0225. The Balaban J connectivity index is 1.47. The molecule has 0 unspecified atom stereocenters. The lowest BCUT2D eigenvalue weighted by atomic mass is 10.1. The minimum Gasteiger partial charge on any atom is -0.335 e. The number of anilines is 1. The van der Waals surface area contributed by atoms with Gasteiger partial charge in [-0.15, -0.1) is 0 Å². The van der Waals surface area contributed by atoms with Crippen LogP contribution in [0.15, 0.2) is 58.5 Å². The molecule has 4 rings (SSSR count). The summed E-state index contributed by atoms with van der Waals surface area (Å²) >= 11 is 1.33. The second-order valence-corrected chi connectivity index (χ2v) is 9.43. The predicted molar refractivity (Wildman–Crippen MR) is 131 cm³/mol. The number of nitrogens with zero attached hydrogens (tertiary/aromatic N) is 2. The highest BCUT2D eigenvalue weighted by atomic mass is 32.2. The zero-order valence-corrected chi connectivity index (χ0v) is 19.4. The van der Waals surface area contributed by atoms with Crippen molar-refractivity contribution < 1.29 is 9.69 Å². The first-order valence-corrected chi connectivity index (χ1v) is 12.4. The first kappa shape index (κ1) is 22.6. The number of carbonyl (C=O) groups excluding carboxylic acids is 1. The number of piperidine rings is 1. The summed E-state index contributed by atoms with van der Waals surface area (Å²) in [5.41, 5.74) is 2.57. The van der Waals surface area contributed by atoms with Crippen LogP contribution in [-0.2, 0) is 11.3 Å². The standard InChI is InChI=1S/C25H30N4O2S/c1-19-10-12-20(13-11-19)26-23(30)18-32-25-27-22-9-4-3-8-21(22)24(31)29(25)17-7-16-28-14-5-2-6-15-28/h3-4,8-13H,2,5-7,14-18H2,1H3,(H,26,30)/p+1. The number of thioether (sulfide) groups is 1. The minimum atomic E-state index is -0.106. The number of hydrogen-bond acceptors (Lipinski definition) is 4.